The standard InChI is InChI=1S/C14H14Cl2N4/c15-10-2-3-12(11(16)8-10)20-7-6-17-9-13(20)14-18-4-1-5-19-14/h1-5,8,13,17H,6-7,9H2. The molecule has 0 spiro atoms. The second-order valence-corrected chi connectivity index (χ2v) is 5.46. The molecule has 1 aromatic carbocycles. The normalized spacial score (nSPS) is 19.1. The molecule has 1 aliphatic rings. The highest BCUT2D eigenvalue weighted by atomic mass is 35.5. The summed E-state index contributed by atoms with van der Waals surface area (Å²) in [4.78, 5) is 11.0. The molecule has 1 N–H and O–H groups in total. The highest BCUT2D eigenvalue weighted by Gasteiger charge is 2.27. The Bertz CT molecular complexity index is 591. The molecule has 20 heavy (non-hydrogen) atoms. The molecule has 1 unspecified atom stereocenters. The second-order valence-electron chi connectivity index (χ2n) is 4.62. The van der Waals surface area contributed by atoms with Gasteiger partial charge in [0.15, 0.2) is 5.82 Å². The summed E-state index contributed by atoms with van der Waals surface area (Å²) < 4.78 is 0. The number of hydrogen-bond donors (Lipinski definition) is 1. The molecule has 104 valence electrons. The third-order valence-corrected chi connectivity index (χ3v) is 3.88. The Morgan fingerprint density at radius 3 is 2.75 bits per heavy atom. The zero-order valence-corrected chi connectivity index (χ0v) is 12.3. The number of benzene rings is 1. The summed E-state index contributed by atoms with van der Waals surface area (Å²) in [6, 6.07) is 7.46. The van der Waals surface area contributed by atoms with E-state index < -0.39 is 0 Å². The van der Waals surface area contributed by atoms with Crippen LogP contribution in [0.2, 0.25) is 10.0 Å². The van der Waals surface area contributed by atoms with Gasteiger partial charge in [0, 0.05) is 37.1 Å². The van der Waals surface area contributed by atoms with Crippen molar-refractivity contribution in [2.24, 2.45) is 0 Å². The molecule has 1 atom stereocenters. The lowest BCUT2D eigenvalue weighted by molar-refractivity contribution is 0.473. The van der Waals surface area contributed by atoms with Crippen LogP contribution in [0.5, 0.6) is 0 Å². The van der Waals surface area contributed by atoms with Crippen LogP contribution in [0.15, 0.2) is 36.7 Å². The quantitative estimate of drug-likeness (QED) is 0.926. The van der Waals surface area contributed by atoms with Crippen molar-refractivity contribution in [1.29, 1.82) is 0 Å². The Morgan fingerprint density at radius 2 is 2.00 bits per heavy atom. The van der Waals surface area contributed by atoms with Gasteiger partial charge in [0.2, 0.25) is 0 Å². The summed E-state index contributed by atoms with van der Waals surface area (Å²) in [6.07, 6.45) is 3.52. The molecule has 1 aliphatic heterocycles. The number of anilines is 1. The van der Waals surface area contributed by atoms with Gasteiger partial charge in [0.1, 0.15) is 6.04 Å². The number of piperazine rings is 1. The number of rotatable bonds is 2. The van der Waals surface area contributed by atoms with Gasteiger partial charge < -0.3 is 10.2 Å². The van der Waals surface area contributed by atoms with Crippen LogP contribution in [0.4, 0.5) is 5.69 Å². The van der Waals surface area contributed by atoms with Crippen molar-refractivity contribution in [3.05, 3.63) is 52.5 Å². The lowest BCUT2D eigenvalue weighted by atomic mass is 10.1. The van der Waals surface area contributed by atoms with Crippen molar-refractivity contribution in [1.82, 2.24) is 15.3 Å². The van der Waals surface area contributed by atoms with E-state index in [-0.39, 0.29) is 6.04 Å². The lowest BCUT2D eigenvalue weighted by Gasteiger charge is -2.37. The van der Waals surface area contributed by atoms with Crippen molar-refractivity contribution in [2.45, 2.75) is 6.04 Å². The molecule has 2 aromatic rings. The monoisotopic (exact) mass is 308 g/mol. The molecule has 1 fully saturated rings. The maximum atomic E-state index is 6.33. The molecule has 0 saturated carbocycles. The van der Waals surface area contributed by atoms with Crippen LogP contribution in [-0.2, 0) is 0 Å². The van der Waals surface area contributed by atoms with Crippen molar-refractivity contribution in [2.75, 3.05) is 24.5 Å². The molecule has 3 rings (SSSR count). The molecule has 0 bridgehead atoms. The first-order valence-electron chi connectivity index (χ1n) is 6.45. The van der Waals surface area contributed by atoms with Crippen LogP contribution in [0.25, 0.3) is 0 Å². The molecule has 0 radical (unpaired) electrons. The third kappa shape index (κ3) is 2.73. The van der Waals surface area contributed by atoms with E-state index in [1.54, 1.807) is 18.5 Å². The van der Waals surface area contributed by atoms with Gasteiger partial charge in [-0.05, 0) is 24.3 Å². The first-order chi connectivity index (χ1) is 9.75. The van der Waals surface area contributed by atoms with Crippen LogP contribution in [0.3, 0.4) is 0 Å². The van der Waals surface area contributed by atoms with Crippen molar-refractivity contribution in [3.8, 4) is 0 Å². The number of halogens is 2. The summed E-state index contributed by atoms with van der Waals surface area (Å²) >= 11 is 12.3. The second kappa shape index (κ2) is 5.95. The van der Waals surface area contributed by atoms with E-state index in [4.69, 9.17) is 23.2 Å². The zero-order chi connectivity index (χ0) is 13.9. The average molecular weight is 309 g/mol. The van der Waals surface area contributed by atoms with Crippen LogP contribution < -0.4 is 10.2 Å². The van der Waals surface area contributed by atoms with Crippen LogP contribution in [-0.4, -0.2) is 29.6 Å². The molecule has 0 amide bonds. The highest BCUT2D eigenvalue weighted by molar-refractivity contribution is 6.36. The maximum absolute atomic E-state index is 6.33. The predicted octanol–water partition coefficient (Wildman–Crippen LogP) is 2.93. The smallest absolute Gasteiger partial charge is 0.151 e. The van der Waals surface area contributed by atoms with E-state index in [2.05, 4.69) is 20.2 Å². The SMILES string of the molecule is Clc1ccc(N2CCNCC2c2ncccn2)c(Cl)c1. The van der Waals surface area contributed by atoms with Gasteiger partial charge >= 0.3 is 0 Å². The largest absolute Gasteiger partial charge is 0.357 e. The van der Waals surface area contributed by atoms with Gasteiger partial charge in [-0.3, -0.25) is 0 Å². The fraction of sp³-hybridized carbons (Fsp3) is 0.286. The van der Waals surface area contributed by atoms with Crippen LogP contribution in [0.1, 0.15) is 11.9 Å². The molecule has 2 heterocycles. The fourth-order valence-electron chi connectivity index (χ4n) is 2.42. The minimum atomic E-state index is 0.0728. The Hall–Kier alpha value is -1.36. The molecular formula is C14H14Cl2N4. The first-order valence-corrected chi connectivity index (χ1v) is 7.20. The maximum Gasteiger partial charge on any atom is 0.151 e. The Labute approximate surface area is 127 Å². The van der Waals surface area contributed by atoms with Crippen molar-refractivity contribution >= 4 is 28.9 Å². The molecular weight excluding hydrogens is 295 g/mol. The number of nitrogens with zero attached hydrogens (tertiary/aromatic N) is 3. The van der Waals surface area contributed by atoms with Crippen molar-refractivity contribution in [3.63, 3.8) is 0 Å². The molecule has 6 heteroatoms. The van der Waals surface area contributed by atoms with E-state index in [0.29, 0.717) is 10.0 Å². The summed E-state index contributed by atoms with van der Waals surface area (Å²) in [7, 11) is 0. The molecule has 1 aromatic heterocycles. The Kier molecular flexibility index (Phi) is 4.05. The zero-order valence-electron chi connectivity index (χ0n) is 10.8. The molecule has 4 nitrogen and oxygen atoms in total. The predicted molar refractivity (Wildman–Crippen MR) is 81.5 cm³/mol. The molecule has 0 aliphatic carbocycles. The number of nitrogens with one attached hydrogen (secondary N) is 1. The Morgan fingerprint density at radius 1 is 1.20 bits per heavy atom. The van der Waals surface area contributed by atoms with Crippen LogP contribution in [0, 0.1) is 0 Å². The third-order valence-electron chi connectivity index (χ3n) is 3.35. The average Bonchev–Trinajstić information content (AvgIpc) is 2.48. The van der Waals surface area contributed by atoms with Gasteiger partial charge in [0.05, 0.1) is 10.7 Å². The summed E-state index contributed by atoms with van der Waals surface area (Å²) in [5.41, 5.74) is 0.968. The minimum Gasteiger partial charge on any atom is -0.357 e. The van der Waals surface area contributed by atoms with Crippen LogP contribution >= 0.6 is 23.2 Å². The van der Waals surface area contributed by atoms with Gasteiger partial charge in [-0.25, -0.2) is 9.97 Å². The lowest BCUT2D eigenvalue weighted by Crippen LogP contribution is -2.46. The van der Waals surface area contributed by atoms with Gasteiger partial charge in [-0.15, -0.1) is 0 Å². The first kappa shape index (κ1) is 13.6. The topological polar surface area (TPSA) is 41.0 Å². The molecule has 1 saturated heterocycles. The van der Waals surface area contributed by atoms with Gasteiger partial charge in [-0.1, -0.05) is 23.2 Å². The van der Waals surface area contributed by atoms with E-state index in [1.807, 2.05) is 18.2 Å². The summed E-state index contributed by atoms with van der Waals surface area (Å²) in [6.45, 7) is 2.55. The Balaban J connectivity index is 1.97. The van der Waals surface area contributed by atoms with E-state index >= 15 is 0 Å². The van der Waals surface area contributed by atoms with E-state index in [1.165, 1.54) is 0 Å². The highest BCUT2D eigenvalue weighted by Crippen LogP contribution is 2.34. The summed E-state index contributed by atoms with van der Waals surface area (Å²) in [5.74, 6) is 0.797. The van der Waals surface area contributed by atoms with E-state index in [9.17, 15) is 0 Å². The summed E-state index contributed by atoms with van der Waals surface area (Å²) in [5, 5.41) is 4.67. The van der Waals surface area contributed by atoms with Gasteiger partial charge in [-0.2, -0.15) is 0 Å². The van der Waals surface area contributed by atoms with E-state index in [0.717, 1.165) is 31.1 Å². The number of hydrogen-bond acceptors (Lipinski definition) is 4. The van der Waals surface area contributed by atoms with Crippen molar-refractivity contribution < 1.29 is 0 Å². The van der Waals surface area contributed by atoms with Gasteiger partial charge in [0.25, 0.3) is 0 Å². The number of aromatic nitrogens is 2. The fourth-order valence-corrected chi connectivity index (χ4v) is 2.94. The minimum absolute atomic E-state index is 0.0728.